The van der Waals surface area contributed by atoms with Crippen LogP contribution in [0.4, 0.5) is 0 Å². The minimum absolute atomic E-state index is 0.0743. The van der Waals surface area contributed by atoms with Crippen LogP contribution in [-0.2, 0) is 12.0 Å². The molecule has 0 aliphatic carbocycles. The molecular weight excluding hydrogens is 338 g/mol. The van der Waals surface area contributed by atoms with Crippen LogP contribution in [0, 0.1) is 0 Å². The summed E-state index contributed by atoms with van der Waals surface area (Å²) < 4.78 is 11.0. The van der Waals surface area contributed by atoms with Crippen molar-refractivity contribution in [1.29, 1.82) is 0 Å². The molecule has 1 atom stereocenters. The Morgan fingerprint density at radius 3 is 2.33 bits per heavy atom. The molecule has 0 aliphatic heterocycles. The van der Waals surface area contributed by atoms with E-state index in [1.807, 2.05) is 30.3 Å². The lowest BCUT2D eigenvalue weighted by Crippen LogP contribution is -2.31. The van der Waals surface area contributed by atoms with Crippen LogP contribution < -0.4 is 10.1 Å². The summed E-state index contributed by atoms with van der Waals surface area (Å²) in [7, 11) is 0. The second kappa shape index (κ2) is 8.89. The van der Waals surface area contributed by atoms with E-state index in [2.05, 4.69) is 55.6 Å². The molecule has 0 fully saturated rings. The predicted octanol–water partition coefficient (Wildman–Crippen LogP) is 4.14. The van der Waals surface area contributed by atoms with Gasteiger partial charge >= 0.3 is 0 Å². The van der Waals surface area contributed by atoms with Crippen LogP contribution in [0.25, 0.3) is 0 Å². The molecule has 2 N–H and O–H groups in total. The molecule has 0 bridgehead atoms. The van der Waals surface area contributed by atoms with Crippen LogP contribution >= 0.6 is 0 Å². The first-order valence-corrected chi connectivity index (χ1v) is 9.26. The number of furan rings is 1. The molecular formula is C23H27NO3. The molecule has 4 nitrogen and oxygen atoms in total. The molecule has 0 saturated heterocycles. The molecule has 2 aromatic carbocycles. The third kappa shape index (κ3) is 5.22. The van der Waals surface area contributed by atoms with Gasteiger partial charge in [0.2, 0.25) is 0 Å². The average Bonchev–Trinajstić information content (AvgIpc) is 3.21. The Kier molecular flexibility index (Phi) is 6.32. The van der Waals surface area contributed by atoms with Gasteiger partial charge in [-0.05, 0) is 35.4 Å². The Morgan fingerprint density at radius 2 is 1.67 bits per heavy atom. The molecule has 142 valence electrons. The molecule has 27 heavy (non-hydrogen) atoms. The quantitative estimate of drug-likeness (QED) is 0.598. The van der Waals surface area contributed by atoms with Gasteiger partial charge in [0.05, 0.1) is 12.8 Å². The molecule has 4 heteroatoms. The molecule has 1 unspecified atom stereocenters. The average molecular weight is 365 g/mol. The zero-order valence-corrected chi connectivity index (χ0v) is 15.9. The summed E-state index contributed by atoms with van der Waals surface area (Å²) in [4.78, 5) is 0. The third-order valence-corrected chi connectivity index (χ3v) is 4.77. The first kappa shape index (κ1) is 19.2. The Hall–Kier alpha value is -2.56. The van der Waals surface area contributed by atoms with E-state index in [0.717, 1.165) is 11.5 Å². The van der Waals surface area contributed by atoms with Gasteiger partial charge in [0.25, 0.3) is 0 Å². The zero-order chi connectivity index (χ0) is 19.1. The first-order chi connectivity index (χ1) is 13.1. The van der Waals surface area contributed by atoms with Crippen molar-refractivity contribution in [2.45, 2.75) is 31.9 Å². The lowest BCUT2D eigenvalue weighted by Gasteiger charge is -2.26. The van der Waals surface area contributed by atoms with Gasteiger partial charge in [-0.15, -0.1) is 0 Å². The van der Waals surface area contributed by atoms with Crippen molar-refractivity contribution in [2.24, 2.45) is 0 Å². The Balaban J connectivity index is 1.49. The predicted molar refractivity (Wildman–Crippen MR) is 107 cm³/mol. The molecule has 3 aromatic rings. The van der Waals surface area contributed by atoms with Crippen molar-refractivity contribution in [1.82, 2.24) is 5.32 Å². The van der Waals surface area contributed by atoms with Gasteiger partial charge in [-0.1, -0.05) is 56.3 Å². The minimum Gasteiger partial charge on any atom is -0.491 e. The Bertz CT molecular complexity index is 795. The van der Waals surface area contributed by atoms with Gasteiger partial charge in [0.1, 0.15) is 24.2 Å². The summed E-state index contributed by atoms with van der Waals surface area (Å²) in [5.41, 5.74) is 2.42. The first-order valence-electron chi connectivity index (χ1n) is 9.26. The molecule has 0 aliphatic rings. The highest BCUT2D eigenvalue weighted by Gasteiger charge is 2.22. The molecule has 0 saturated carbocycles. The van der Waals surface area contributed by atoms with E-state index >= 15 is 0 Å². The zero-order valence-electron chi connectivity index (χ0n) is 15.9. The molecule has 1 aromatic heterocycles. The van der Waals surface area contributed by atoms with Crippen LogP contribution in [0.1, 0.15) is 30.7 Å². The SMILES string of the molecule is CC(C)(c1ccccc1)c1ccc(OCC(O)CNCc2ccco2)cc1. The summed E-state index contributed by atoms with van der Waals surface area (Å²) >= 11 is 0. The second-order valence-electron chi connectivity index (χ2n) is 7.19. The highest BCUT2D eigenvalue weighted by Crippen LogP contribution is 2.32. The summed E-state index contributed by atoms with van der Waals surface area (Å²) in [6, 6.07) is 22.3. The van der Waals surface area contributed by atoms with Gasteiger partial charge in [-0.2, -0.15) is 0 Å². The molecule has 0 radical (unpaired) electrons. The van der Waals surface area contributed by atoms with E-state index in [-0.39, 0.29) is 12.0 Å². The second-order valence-corrected chi connectivity index (χ2v) is 7.19. The van der Waals surface area contributed by atoms with Crippen molar-refractivity contribution in [3.63, 3.8) is 0 Å². The van der Waals surface area contributed by atoms with E-state index in [4.69, 9.17) is 9.15 Å². The maximum Gasteiger partial charge on any atom is 0.119 e. The van der Waals surface area contributed by atoms with Crippen LogP contribution in [0.5, 0.6) is 5.75 Å². The highest BCUT2D eigenvalue weighted by molar-refractivity contribution is 5.39. The fourth-order valence-electron chi connectivity index (χ4n) is 3.02. The number of aliphatic hydroxyl groups excluding tert-OH is 1. The summed E-state index contributed by atoms with van der Waals surface area (Å²) in [6.07, 6.45) is 1.06. The fraction of sp³-hybridized carbons (Fsp3) is 0.304. The van der Waals surface area contributed by atoms with Crippen LogP contribution in [0.15, 0.2) is 77.4 Å². The monoisotopic (exact) mass is 365 g/mol. The Labute approximate surface area is 160 Å². The maximum atomic E-state index is 10.1. The summed E-state index contributed by atoms with van der Waals surface area (Å²) in [5, 5.41) is 13.2. The van der Waals surface area contributed by atoms with Crippen LogP contribution in [-0.4, -0.2) is 24.4 Å². The van der Waals surface area contributed by atoms with Crippen molar-refractivity contribution in [2.75, 3.05) is 13.2 Å². The van der Waals surface area contributed by atoms with Crippen molar-refractivity contribution in [3.8, 4) is 5.75 Å². The van der Waals surface area contributed by atoms with Gasteiger partial charge < -0.3 is 19.6 Å². The number of benzene rings is 2. The fourth-order valence-corrected chi connectivity index (χ4v) is 3.02. The maximum absolute atomic E-state index is 10.1. The normalized spacial score (nSPS) is 12.7. The number of ether oxygens (including phenoxy) is 1. The standard InChI is InChI=1S/C23H27NO3/c1-23(2,18-7-4-3-5-8-18)19-10-12-21(13-11-19)27-17-20(25)15-24-16-22-9-6-14-26-22/h3-14,20,24-25H,15-17H2,1-2H3. The van der Waals surface area contributed by atoms with Crippen LogP contribution in [0.3, 0.4) is 0 Å². The van der Waals surface area contributed by atoms with E-state index in [1.165, 1.54) is 11.1 Å². The number of aliphatic hydroxyl groups is 1. The third-order valence-electron chi connectivity index (χ3n) is 4.77. The summed E-state index contributed by atoms with van der Waals surface area (Å²) in [6.45, 7) is 5.71. The largest absolute Gasteiger partial charge is 0.491 e. The van der Waals surface area contributed by atoms with Gasteiger partial charge in [0, 0.05) is 12.0 Å². The van der Waals surface area contributed by atoms with E-state index in [1.54, 1.807) is 6.26 Å². The van der Waals surface area contributed by atoms with Gasteiger partial charge in [-0.3, -0.25) is 0 Å². The van der Waals surface area contributed by atoms with Gasteiger partial charge in [-0.25, -0.2) is 0 Å². The minimum atomic E-state index is -0.583. The molecule has 0 amide bonds. The number of hydrogen-bond donors (Lipinski definition) is 2. The van der Waals surface area contributed by atoms with Crippen molar-refractivity contribution >= 4 is 0 Å². The number of nitrogens with one attached hydrogen (secondary N) is 1. The number of rotatable bonds is 9. The smallest absolute Gasteiger partial charge is 0.119 e. The number of hydrogen-bond acceptors (Lipinski definition) is 4. The topological polar surface area (TPSA) is 54.6 Å². The van der Waals surface area contributed by atoms with Crippen molar-refractivity contribution in [3.05, 3.63) is 89.9 Å². The lowest BCUT2D eigenvalue weighted by atomic mass is 9.78. The van der Waals surface area contributed by atoms with E-state index in [9.17, 15) is 5.11 Å². The summed E-state index contributed by atoms with van der Waals surface area (Å²) in [5.74, 6) is 1.60. The molecule has 0 spiro atoms. The molecule has 3 rings (SSSR count). The lowest BCUT2D eigenvalue weighted by molar-refractivity contribution is 0.105. The highest BCUT2D eigenvalue weighted by atomic mass is 16.5. The Morgan fingerprint density at radius 1 is 0.963 bits per heavy atom. The molecule has 1 heterocycles. The van der Waals surface area contributed by atoms with Crippen molar-refractivity contribution < 1.29 is 14.3 Å². The van der Waals surface area contributed by atoms with E-state index < -0.39 is 6.10 Å². The van der Waals surface area contributed by atoms with Gasteiger partial charge in [0.15, 0.2) is 0 Å². The van der Waals surface area contributed by atoms with E-state index in [0.29, 0.717) is 13.1 Å². The van der Waals surface area contributed by atoms with Crippen LogP contribution in [0.2, 0.25) is 0 Å².